The van der Waals surface area contributed by atoms with Gasteiger partial charge < -0.3 is 10.2 Å². The Labute approximate surface area is 181 Å². The average Bonchev–Trinajstić information content (AvgIpc) is 2.68. The third kappa shape index (κ3) is 5.72. The monoisotopic (exact) mass is 457 g/mol. The van der Waals surface area contributed by atoms with Crippen molar-refractivity contribution in [2.45, 2.75) is 38.0 Å². The molecule has 1 fully saturated rings. The fraction of sp³-hybridized carbons (Fsp3) is 0.474. The van der Waals surface area contributed by atoms with Crippen LogP contribution in [-0.2, 0) is 10.0 Å². The lowest BCUT2D eigenvalue weighted by Crippen LogP contribution is -2.31. The zero-order valence-electron chi connectivity index (χ0n) is 16.5. The number of sulfonamides is 1. The minimum Gasteiger partial charge on any atom is -0.369 e. The zero-order valence-corrected chi connectivity index (χ0v) is 18.8. The number of piperidine rings is 1. The average molecular weight is 458 g/mol. The van der Waals surface area contributed by atoms with E-state index in [1.807, 2.05) is 13.0 Å². The summed E-state index contributed by atoms with van der Waals surface area (Å²) in [5, 5.41) is 3.69. The number of aryl methyl sites for hydroxylation is 2. The minimum absolute atomic E-state index is 0.0198. The first-order chi connectivity index (χ1) is 13.8. The highest BCUT2D eigenvalue weighted by molar-refractivity contribution is 7.89. The van der Waals surface area contributed by atoms with Gasteiger partial charge in [-0.3, -0.25) is 0 Å². The van der Waals surface area contributed by atoms with Crippen LogP contribution in [-0.4, -0.2) is 44.6 Å². The second kappa shape index (κ2) is 9.47. The van der Waals surface area contributed by atoms with Gasteiger partial charge in [0.05, 0.1) is 5.02 Å². The summed E-state index contributed by atoms with van der Waals surface area (Å²) in [6, 6.07) is 4.82. The van der Waals surface area contributed by atoms with E-state index in [0.29, 0.717) is 28.8 Å². The molecule has 0 atom stereocenters. The molecule has 0 aliphatic carbocycles. The van der Waals surface area contributed by atoms with E-state index < -0.39 is 10.0 Å². The summed E-state index contributed by atoms with van der Waals surface area (Å²) in [7, 11) is -3.74. The predicted molar refractivity (Wildman–Crippen MR) is 118 cm³/mol. The predicted octanol–water partition coefficient (Wildman–Crippen LogP) is 3.78. The van der Waals surface area contributed by atoms with Crippen LogP contribution < -0.4 is 14.9 Å². The Bertz CT molecular complexity index is 979. The van der Waals surface area contributed by atoms with Gasteiger partial charge in [0, 0.05) is 37.3 Å². The van der Waals surface area contributed by atoms with Crippen molar-refractivity contribution in [3.8, 4) is 0 Å². The number of anilines is 2. The molecule has 2 heterocycles. The van der Waals surface area contributed by atoms with Crippen LogP contribution in [0.5, 0.6) is 0 Å². The van der Waals surface area contributed by atoms with Crippen molar-refractivity contribution in [2.24, 2.45) is 0 Å². The molecule has 0 saturated carbocycles. The molecule has 0 spiro atoms. The minimum atomic E-state index is -3.74. The van der Waals surface area contributed by atoms with Crippen molar-refractivity contribution in [3.05, 3.63) is 39.6 Å². The van der Waals surface area contributed by atoms with Gasteiger partial charge in [0.25, 0.3) is 0 Å². The van der Waals surface area contributed by atoms with E-state index >= 15 is 0 Å². The van der Waals surface area contributed by atoms with Gasteiger partial charge in [0.2, 0.25) is 10.0 Å². The van der Waals surface area contributed by atoms with E-state index in [2.05, 4.69) is 24.9 Å². The second-order valence-electron chi connectivity index (χ2n) is 7.06. The second-order valence-corrected chi connectivity index (χ2v) is 9.61. The maximum absolute atomic E-state index is 12.5. The van der Waals surface area contributed by atoms with Gasteiger partial charge >= 0.3 is 0 Å². The van der Waals surface area contributed by atoms with Crippen molar-refractivity contribution in [1.29, 1.82) is 0 Å². The highest BCUT2D eigenvalue weighted by Gasteiger charge is 2.19. The molecule has 2 aromatic rings. The van der Waals surface area contributed by atoms with Crippen LogP contribution in [0.25, 0.3) is 0 Å². The number of hydrogen-bond acceptors (Lipinski definition) is 6. The topological polar surface area (TPSA) is 87.2 Å². The van der Waals surface area contributed by atoms with E-state index in [1.165, 1.54) is 31.4 Å². The fourth-order valence-electron chi connectivity index (χ4n) is 3.22. The van der Waals surface area contributed by atoms with Gasteiger partial charge in [-0.1, -0.05) is 23.2 Å². The number of hydrogen-bond donors (Lipinski definition) is 2. The molecule has 2 N–H and O–H groups in total. The molecular formula is C19H25Cl2N5O2S. The third-order valence-electron chi connectivity index (χ3n) is 4.73. The quantitative estimate of drug-likeness (QED) is 0.615. The van der Waals surface area contributed by atoms with Gasteiger partial charge in [-0.05, 0) is 50.8 Å². The molecule has 7 nitrogen and oxygen atoms in total. The summed E-state index contributed by atoms with van der Waals surface area (Å²) >= 11 is 12.0. The van der Waals surface area contributed by atoms with E-state index in [9.17, 15) is 8.42 Å². The first kappa shape index (κ1) is 22.1. The molecule has 0 amide bonds. The van der Waals surface area contributed by atoms with Crippen LogP contribution >= 0.6 is 23.2 Å². The van der Waals surface area contributed by atoms with Gasteiger partial charge in [0.15, 0.2) is 0 Å². The van der Waals surface area contributed by atoms with Gasteiger partial charge in [-0.25, -0.2) is 23.1 Å². The zero-order chi connectivity index (χ0) is 21.0. The molecule has 10 heteroatoms. The Hall–Kier alpha value is -1.61. The van der Waals surface area contributed by atoms with Crippen LogP contribution in [0.1, 0.15) is 30.7 Å². The number of aromatic nitrogens is 2. The first-order valence-electron chi connectivity index (χ1n) is 9.56. The molecule has 1 aliphatic rings. The Morgan fingerprint density at radius 2 is 1.72 bits per heavy atom. The summed E-state index contributed by atoms with van der Waals surface area (Å²) in [5.41, 5.74) is 0.649. The van der Waals surface area contributed by atoms with E-state index in [4.69, 9.17) is 23.2 Å². The summed E-state index contributed by atoms with van der Waals surface area (Å²) < 4.78 is 27.6. The highest BCUT2D eigenvalue weighted by Crippen LogP contribution is 2.28. The lowest BCUT2D eigenvalue weighted by atomic mass is 10.1. The molecule has 1 aromatic carbocycles. The lowest BCUT2D eigenvalue weighted by Gasteiger charge is -2.28. The maximum atomic E-state index is 12.5. The molecule has 1 aliphatic heterocycles. The van der Waals surface area contributed by atoms with Crippen LogP contribution in [0.2, 0.25) is 10.0 Å². The van der Waals surface area contributed by atoms with Gasteiger partial charge in [0.1, 0.15) is 22.4 Å². The maximum Gasteiger partial charge on any atom is 0.242 e. The molecule has 3 rings (SSSR count). The van der Waals surface area contributed by atoms with E-state index in [0.717, 1.165) is 18.9 Å². The highest BCUT2D eigenvalue weighted by atomic mass is 35.5. The largest absolute Gasteiger partial charge is 0.369 e. The molecule has 158 valence electrons. The molecular weight excluding hydrogens is 433 g/mol. The Balaban J connectivity index is 1.60. The van der Waals surface area contributed by atoms with Crippen molar-refractivity contribution in [3.63, 3.8) is 0 Å². The molecule has 1 saturated heterocycles. The van der Waals surface area contributed by atoms with E-state index in [1.54, 1.807) is 6.92 Å². The normalized spacial score (nSPS) is 14.8. The lowest BCUT2D eigenvalue weighted by molar-refractivity contribution is 0.572. The molecule has 0 radical (unpaired) electrons. The van der Waals surface area contributed by atoms with Crippen LogP contribution in [0.15, 0.2) is 23.1 Å². The third-order valence-corrected chi connectivity index (χ3v) is 7.06. The van der Waals surface area contributed by atoms with Crippen LogP contribution in [0, 0.1) is 13.8 Å². The molecule has 0 bridgehead atoms. The summed E-state index contributed by atoms with van der Waals surface area (Å²) in [5.74, 6) is 2.26. The number of nitrogens with one attached hydrogen (secondary N) is 2. The molecule has 29 heavy (non-hydrogen) atoms. The Morgan fingerprint density at radius 3 is 2.45 bits per heavy atom. The first-order valence-corrected chi connectivity index (χ1v) is 11.8. The SMILES string of the molecule is Cc1nc(NCCNS(=O)(=O)c2cc(C)c(Cl)cc2Cl)cc(N2CCCCC2)n1. The summed E-state index contributed by atoms with van der Waals surface area (Å²) in [6.45, 7) is 6.14. The van der Waals surface area contributed by atoms with Crippen molar-refractivity contribution < 1.29 is 8.42 Å². The smallest absolute Gasteiger partial charge is 0.242 e. The van der Waals surface area contributed by atoms with Crippen LogP contribution in [0.3, 0.4) is 0 Å². The van der Waals surface area contributed by atoms with Crippen molar-refractivity contribution in [2.75, 3.05) is 36.4 Å². The number of rotatable bonds is 7. The van der Waals surface area contributed by atoms with Crippen LogP contribution in [0.4, 0.5) is 11.6 Å². The Morgan fingerprint density at radius 1 is 1.00 bits per heavy atom. The van der Waals surface area contributed by atoms with Gasteiger partial charge in [-0.2, -0.15) is 0 Å². The van der Waals surface area contributed by atoms with E-state index in [-0.39, 0.29) is 16.5 Å². The summed E-state index contributed by atoms with van der Waals surface area (Å²) in [4.78, 5) is 11.2. The standard InChI is InChI=1S/C19H25Cl2N5O2S/c1-13-10-17(16(21)11-15(13)20)29(27,28)23-7-6-22-18-12-19(25-14(2)24-18)26-8-4-3-5-9-26/h10-12,23H,3-9H2,1-2H3,(H,22,24,25). The molecule has 0 unspecified atom stereocenters. The number of benzene rings is 1. The Kier molecular flexibility index (Phi) is 7.21. The number of halogens is 2. The van der Waals surface area contributed by atoms with Crippen molar-refractivity contribution >= 4 is 44.9 Å². The van der Waals surface area contributed by atoms with Crippen molar-refractivity contribution in [1.82, 2.24) is 14.7 Å². The van der Waals surface area contributed by atoms with Gasteiger partial charge in [-0.15, -0.1) is 0 Å². The summed E-state index contributed by atoms with van der Waals surface area (Å²) in [6.07, 6.45) is 3.59. The fourth-order valence-corrected chi connectivity index (χ4v) is 5.08. The molecule has 1 aromatic heterocycles. The number of nitrogens with zero attached hydrogens (tertiary/aromatic N) is 3.